The second-order valence-electron chi connectivity index (χ2n) is 5.40. The number of hydrogen-bond donors (Lipinski definition) is 1. The van der Waals surface area contributed by atoms with Crippen LogP contribution in [0.3, 0.4) is 0 Å². The average molecular weight is 266 g/mol. The minimum absolute atomic E-state index is 0.215. The van der Waals surface area contributed by atoms with E-state index in [1.54, 1.807) is 0 Å². The summed E-state index contributed by atoms with van der Waals surface area (Å²) in [4.78, 5) is 2.27. The minimum atomic E-state index is -0.215. The van der Waals surface area contributed by atoms with Crippen molar-refractivity contribution in [3.63, 3.8) is 0 Å². The van der Waals surface area contributed by atoms with Crippen LogP contribution in [-0.4, -0.2) is 31.7 Å². The zero-order valence-electron chi connectivity index (χ0n) is 11.6. The van der Waals surface area contributed by atoms with Gasteiger partial charge in [0, 0.05) is 26.2 Å². The third-order valence-electron chi connectivity index (χ3n) is 3.65. The van der Waals surface area contributed by atoms with Crippen molar-refractivity contribution in [2.45, 2.75) is 25.9 Å². The van der Waals surface area contributed by atoms with Gasteiger partial charge in [0.05, 0.1) is 6.61 Å². The van der Waals surface area contributed by atoms with Gasteiger partial charge in [0.2, 0.25) is 0 Å². The molecule has 2 rings (SSSR count). The zero-order valence-corrected chi connectivity index (χ0v) is 11.6. The molecular weight excluding hydrogens is 243 g/mol. The fourth-order valence-corrected chi connectivity index (χ4v) is 2.69. The molecule has 3 nitrogen and oxygen atoms in total. The van der Waals surface area contributed by atoms with E-state index in [4.69, 9.17) is 10.5 Å². The number of rotatable bonds is 5. The first-order valence-corrected chi connectivity index (χ1v) is 6.92. The van der Waals surface area contributed by atoms with Crippen molar-refractivity contribution >= 4 is 0 Å². The summed E-state index contributed by atoms with van der Waals surface area (Å²) in [6, 6.07) is 4.88. The maximum Gasteiger partial charge on any atom is 0.123 e. The van der Waals surface area contributed by atoms with Crippen molar-refractivity contribution in [3.8, 4) is 0 Å². The molecule has 1 aromatic rings. The van der Waals surface area contributed by atoms with Crippen LogP contribution in [0.4, 0.5) is 4.39 Å². The summed E-state index contributed by atoms with van der Waals surface area (Å²) in [5.41, 5.74) is 7.68. The molecule has 1 fully saturated rings. The molecule has 2 N–H and O–H groups in total. The minimum Gasteiger partial charge on any atom is -0.381 e. The fourth-order valence-electron chi connectivity index (χ4n) is 2.69. The predicted octanol–water partition coefficient (Wildman–Crippen LogP) is 2.14. The van der Waals surface area contributed by atoms with Gasteiger partial charge in [0.1, 0.15) is 5.82 Å². The van der Waals surface area contributed by atoms with E-state index in [1.165, 1.54) is 18.6 Å². The lowest BCUT2D eigenvalue weighted by molar-refractivity contribution is 0.0411. The summed E-state index contributed by atoms with van der Waals surface area (Å²) in [7, 11) is 2.10. The van der Waals surface area contributed by atoms with Crippen LogP contribution < -0.4 is 5.73 Å². The van der Waals surface area contributed by atoms with E-state index in [-0.39, 0.29) is 5.82 Å². The van der Waals surface area contributed by atoms with Gasteiger partial charge in [-0.25, -0.2) is 4.39 Å². The first kappa shape index (κ1) is 14.4. The van der Waals surface area contributed by atoms with E-state index in [2.05, 4.69) is 11.9 Å². The van der Waals surface area contributed by atoms with Gasteiger partial charge in [0.25, 0.3) is 0 Å². The van der Waals surface area contributed by atoms with Crippen molar-refractivity contribution in [2.24, 2.45) is 11.7 Å². The van der Waals surface area contributed by atoms with E-state index in [9.17, 15) is 4.39 Å². The lowest BCUT2D eigenvalue weighted by Crippen LogP contribution is -2.31. The van der Waals surface area contributed by atoms with Crippen LogP contribution in [0.1, 0.15) is 24.0 Å². The van der Waals surface area contributed by atoms with Crippen LogP contribution in [0.5, 0.6) is 0 Å². The van der Waals surface area contributed by atoms with Crippen molar-refractivity contribution in [2.75, 3.05) is 26.8 Å². The number of ether oxygens (including phenoxy) is 1. The number of halogens is 1. The lowest BCUT2D eigenvalue weighted by atomic mass is 10.0. The van der Waals surface area contributed by atoms with Gasteiger partial charge in [0.15, 0.2) is 0 Å². The second kappa shape index (κ2) is 6.98. The van der Waals surface area contributed by atoms with Gasteiger partial charge in [-0.15, -0.1) is 0 Å². The van der Waals surface area contributed by atoms with Crippen LogP contribution in [0.15, 0.2) is 18.2 Å². The Hall–Kier alpha value is -0.970. The highest BCUT2D eigenvalue weighted by atomic mass is 19.1. The number of hydrogen-bond acceptors (Lipinski definition) is 3. The maximum absolute atomic E-state index is 13.2. The Balaban J connectivity index is 1.92. The molecule has 0 saturated carbocycles. The van der Waals surface area contributed by atoms with Gasteiger partial charge < -0.3 is 15.4 Å². The Kier molecular flexibility index (Phi) is 5.31. The molecule has 0 amide bonds. The van der Waals surface area contributed by atoms with Gasteiger partial charge in [-0.3, -0.25) is 0 Å². The summed E-state index contributed by atoms with van der Waals surface area (Å²) in [6.45, 7) is 3.96. The largest absolute Gasteiger partial charge is 0.381 e. The van der Waals surface area contributed by atoms with E-state index in [0.29, 0.717) is 12.5 Å². The van der Waals surface area contributed by atoms with Crippen LogP contribution in [0, 0.1) is 11.7 Å². The Labute approximate surface area is 114 Å². The standard InChI is InChI=1S/C15H23FN2O/c1-18(9-12-3-2-6-19-11-12)10-13-4-5-15(16)7-14(13)8-17/h4-5,7,12H,2-3,6,8-11,17H2,1H3. The summed E-state index contributed by atoms with van der Waals surface area (Å²) < 4.78 is 18.7. The quantitative estimate of drug-likeness (QED) is 0.887. The van der Waals surface area contributed by atoms with E-state index in [1.807, 2.05) is 6.07 Å². The van der Waals surface area contributed by atoms with Crippen LogP contribution in [-0.2, 0) is 17.8 Å². The molecule has 1 aliphatic heterocycles. The Bertz CT molecular complexity index is 405. The number of nitrogens with zero attached hydrogens (tertiary/aromatic N) is 1. The molecule has 1 heterocycles. The van der Waals surface area contributed by atoms with E-state index < -0.39 is 0 Å². The number of nitrogens with two attached hydrogens (primary N) is 1. The SMILES string of the molecule is CN(Cc1ccc(F)cc1CN)CC1CCCOC1. The maximum atomic E-state index is 13.2. The van der Waals surface area contributed by atoms with Crippen LogP contribution in [0.2, 0.25) is 0 Å². The van der Waals surface area contributed by atoms with Crippen molar-refractivity contribution in [1.82, 2.24) is 4.90 Å². The molecule has 0 aliphatic carbocycles. The molecule has 106 valence electrons. The van der Waals surface area contributed by atoms with Gasteiger partial charge in [-0.1, -0.05) is 6.07 Å². The Morgan fingerprint density at radius 2 is 2.26 bits per heavy atom. The molecular formula is C15H23FN2O. The lowest BCUT2D eigenvalue weighted by Gasteiger charge is -2.27. The summed E-state index contributed by atoms with van der Waals surface area (Å²) in [5.74, 6) is 0.396. The predicted molar refractivity (Wildman–Crippen MR) is 74.2 cm³/mol. The van der Waals surface area contributed by atoms with Crippen LogP contribution >= 0.6 is 0 Å². The van der Waals surface area contributed by atoms with Crippen LogP contribution in [0.25, 0.3) is 0 Å². The average Bonchev–Trinajstić information content (AvgIpc) is 2.42. The van der Waals surface area contributed by atoms with Gasteiger partial charge in [-0.05, 0) is 49.1 Å². The Morgan fingerprint density at radius 3 is 2.95 bits per heavy atom. The summed E-state index contributed by atoms with van der Waals surface area (Å²) >= 11 is 0. The smallest absolute Gasteiger partial charge is 0.123 e. The van der Waals surface area contributed by atoms with E-state index >= 15 is 0 Å². The van der Waals surface area contributed by atoms with Crippen molar-refractivity contribution < 1.29 is 9.13 Å². The first-order chi connectivity index (χ1) is 9.19. The molecule has 1 atom stereocenters. The third-order valence-corrected chi connectivity index (χ3v) is 3.65. The van der Waals surface area contributed by atoms with E-state index in [0.717, 1.165) is 43.9 Å². The first-order valence-electron chi connectivity index (χ1n) is 6.92. The molecule has 1 aliphatic rings. The summed E-state index contributed by atoms with van der Waals surface area (Å²) in [5, 5.41) is 0. The fraction of sp³-hybridized carbons (Fsp3) is 0.600. The molecule has 1 saturated heterocycles. The molecule has 0 bridgehead atoms. The highest BCUT2D eigenvalue weighted by Gasteiger charge is 2.16. The third kappa shape index (κ3) is 4.27. The van der Waals surface area contributed by atoms with Crippen molar-refractivity contribution in [3.05, 3.63) is 35.1 Å². The van der Waals surface area contributed by atoms with Crippen molar-refractivity contribution in [1.29, 1.82) is 0 Å². The molecule has 19 heavy (non-hydrogen) atoms. The van der Waals surface area contributed by atoms with Gasteiger partial charge >= 0.3 is 0 Å². The highest BCUT2D eigenvalue weighted by molar-refractivity contribution is 5.27. The molecule has 0 spiro atoms. The molecule has 1 aromatic carbocycles. The molecule has 0 aromatic heterocycles. The molecule has 1 unspecified atom stereocenters. The summed E-state index contributed by atoms with van der Waals surface area (Å²) in [6.07, 6.45) is 2.39. The topological polar surface area (TPSA) is 38.5 Å². The molecule has 0 radical (unpaired) electrons. The monoisotopic (exact) mass is 266 g/mol. The molecule has 4 heteroatoms. The zero-order chi connectivity index (χ0) is 13.7. The van der Waals surface area contributed by atoms with Gasteiger partial charge in [-0.2, -0.15) is 0 Å². The highest BCUT2D eigenvalue weighted by Crippen LogP contribution is 2.17. The number of benzene rings is 1. The Morgan fingerprint density at radius 1 is 1.42 bits per heavy atom. The second-order valence-corrected chi connectivity index (χ2v) is 5.40. The normalized spacial score (nSPS) is 19.9.